The van der Waals surface area contributed by atoms with Crippen molar-refractivity contribution in [1.29, 1.82) is 0 Å². The molecule has 194 valence electrons. The second-order valence-corrected chi connectivity index (χ2v) is 10.9. The molecular formula is C27H30ClF3N2O3. The summed E-state index contributed by atoms with van der Waals surface area (Å²) < 4.78 is 45.9. The van der Waals surface area contributed by atoms with Crippen LogP contribution in [-0.4, -0.2) is 39.7 Å². The van der Waals surface area contributed by atoms with E-state index in [4.69, 9.17) is 16.3 Å². The molecule has 2 aromatic rings. The van der Waals surface area contributed by atoms with E-state index < -0.39 is 23.8 Å². The summed E-state index contributed by atoms with van der Waals surface area (Å²) in [5, 5.41) is 9.86. The second kappa shape index (κ2) is 9.53. The maximum Gasteiger partial charge on any atom is 0.433 e. The lowest BCUT2D eigenvalue weighted by Crippen LogP contribution is -2.49. The van der Waals surface area contributed by atoms with Crippen molar-refractivity contribution in [2.24, 2.45) is 11.8 Å². The van der Waals surface area contributed by atoms with Crippen molar-refractivity contribution in [1.82, 2.24) is 9.88 Å². The van der Waals surface area contributed by atoms with Gasteiger partial charge in [-0.2, -0.15) is 13.2 Å². The highest BCUT2D eigenvalue weighted by molar-refractivity contribution is 6.31. The fourth-order valence-electron chi connectivity index (χ4n) is 5.74. The van der Waals surface area contributed by atoms with Crippen molar-refractivity contribution in [2.45, 2.75) is 69.7 Å². The Balaban J connectivity index is 1.27. The largest absolute Gasteiger partial charge is 0.487 e. The second-order valence-electron chi connectivity index (χ2n) is 10.5. The zero-order chi connectivity index (χ0) is 25.7. The van der Waals surface area contributed by atoms with Crippen molar-refractivity contribution in [3.05, 3.63) is 57.9 Å². The van der Waals surface area contributed by atoms with Crippen LogP contribution in [0.3, 0.4) is 0 Å². The van der Waals surface area contributed by atoms with Gasteiger partial charge in [0.1, 0.15) is 17.0 Å². The average Bonchev–Trinajstić information content (AvgIpc) is 3.66. The predicted molar refractivity (Wildman–Crippen MR) is 129 cm³/mol. The molecule has 3 heterocycles. The molecule has 36 heavy (non-hydrogen) atoms. The Labute approximate surface area is 213 Å². The third-order valence-electron chi connectivity index (χ3n) is 8.06. The number of aliphatic carboxylic acids is 1. The van der Waals surface area contributed by atoms with Gasteiger partial charge in [-0.3, -0.25) is 9.69 Å². The molecular weight excluding hydrogens is 493 g/mol. The first-order valence-corrected chi connectivity index (χ1v) is 12.9. The molecule has 1 aromatic heterocycles. The number of carbonyl (C=O) groups is 1. The fourth-order valence-corrected chi connectivity index (χ4v) is 5.91. The molecule has 5 nitrogen and oxygen atoms in total. The van der Waals surface area contributed by atoms with Gasteiger partial charge in [0.25, 0.3) is 0 Å². The Morgan fingerprint density at radius 3 is 2.58 bits per heavy atom. The molecule has 0 radical (unpaired) electrons. The lowest BCUT2D eigenvalue weighted by atomic mass is 9.80. The summed E-state index contributed by atoms with van der Waals surface area (Å²) in [4.78, 5) is 17.6. The predicted octanol–water partition coefficient (Wildman–Crippen LogP) is 6.33. The highest BCUT2D eigenvalue weighted by Gasteiger charge is 2.42. The quantitative estimate of drug-likeness (QED) is 0.480. The van der Waals surface area contributed by atoms with Gasteiger partial charge in [0.15, 0.2) is 0 Å². The standard InChI is InChI=1S/C27H30ClF3N2O3/c1-16(25(34)35)24(18-3-4-18)19-5-2-17-8-9-26(36-22(17)14-19)10-12-33(13-11-26)15-21-20(28)6-7-23(32-21)27(29,30)31/h2,5-7,14,16,18,24H,3-4,8-13,15H2,1H3,(H,34,35)/t16-,24-/m0/s1. The van der Waals surface area contributed by atoms with Crippen LogP contribution in [0.2, 0.25) is 5.02 Å². The van der Waals surface area contributed by atoms with E-state index in [2.05, 4.69) is 28.1 Å². The van der Waals surface area contributed by atoms with Crippen LogP contribution < -0.4 is 4.74 Å². The van der Waals surface area contributed by atoms with Crippen molar-refractivity contribution < 1.29 is 27.8 Å². The minimum atomic E-state index is -4.51. The number of alkyl halides is 3. The van der Waals surface area contributed by atoms with E-state index in [1.807, 2.05) is 0 Å². The number of likely N-dealkylation sites (tertiary alicyclic amines) is 1. The normalized spacial score (nSPS) is 21.5. The number of ether oxygens (including phenoxy) is 1. The van der Waals surface area contributed by atoms with E-state index in [1.165, 1.54) is 6.07 Å². The first kappa shape index (κ1) is 25.3. The summed E-state index contributed by atoms with van der Waals surface area (Å²) in [6.45, 7) is 3.39. The summed E-state index contributed by atoms with van der Waals surface area (Å²) in [5.74, 6) is 0.0162. The third-order valence-corrected chi connectivity index (χ3v) is 8.40. The van der Waals surface area contributed by atoms with Crippen molar-refractivity contribution >= 4 is 17.6 Å². The number of carboxylic acid groups (broad SMARTS) is 1. The lowest BCUT2D eigenvalue weighted by Gasteiger charge is -2.45. The first-order chi connectivity index (χ1) is 17.0. The molecule has 1 spiro atoms. The summed E-state index contributed by atoms with van der Waals surface area (Å²) in [6.07, 6.45) is 0.895. The third kappa shape index (κ3) is 5.21. The number of nitrogens with zero attached hydrogens (tertiary/aromatic N) is 2. The zero-order valence-electron chi connectivity index (χ0n) is 20.2. The topological polar surface area (TPSA) is 62.7 Å². The van der Waals surface area contributed by atoms with E-state index in [1.54, 1.807) is 6.92 Å². The van der Waals surface area contributed by atoms with E-state index >= 15 is 0 Å². The Bertz CT molecular complexity index is 1140. The number of hydrogen-bond donors (Lipinski definition) is 1. The van der Waals surface area contributed by atoms with Gasteiger partial charge in [0.2, 0.25) is 0 Å². The number of benzene rings is 1. The molecule has 0 unspecified atom stereocenters. The van der Waals surface area contributed by atoms with E-state index in [-0.39, 0.29) is 28.8 Å². The number of fused-ring (bicyclic) bond motifs is 1. The number of rotatable bonds is 6. The van der Waals surface area contributed by atoms with Crippen LogP contribution in [0.1, 0.15) is 67.5 Å². The highest BCUT2D eigenvalue weighted by atomic mass is 35.5. The van der Waals surface area contributed by atoms with E-state index in [9.17, 15) is 23.1 Å². The molecule has 9 heteroatoms. The van der Waals surface area contributed by atoms with Crippen LogP contribution in [0.5, 0.6) is 5.75 Å². The van der Waals surface area contributed by atoms with Gasteiger partial charge in [0, 0.05) is 19.6 Å². The van der Waals surface area contributed by atoms with Gasteiger partial charge in [0.05, 0.1) is 16.6 Å². The zero-order valence-corrected chi connectivity index (χ0v) is 20.9. The molecule has 5 rings (SSSR count). The minimum absolute atomic E-state index is 0.0131. The molecule has 2 fully saturated rings. The smallest absolute Gasteiger partial charge is 0.433 e. The summed E-state index contributed by atoms with van der Waals surface area (Å²) >= 11 is 6.15. The van der Waals surface area contributed by atoms with Crippen LogP contribution in [0, 0.1) is 11.8 Å². The van der Waals surface area contributed by atoms with Crippen LogP contribution in [0.4, 0.5) is 13.2 Å². The molecule has 0 amide bonds. The highest BCUT2D eigenvalue weighted by Crippen LogP contribution is 2.49. The van der Waals surface area contributed by atoms with E-state index in [0.717, 1.165) is 61.5 Å². The Morgan fingerprint density at radius 1 is 1.22 bits per heavy atom. The number of halogens is 4. The van der Waals surface area contributed by atoms with Crippen LogP contribution in [-0.2, 0) is 23.9 Å². The number of pyridine rings is 1. The molecule has 0 bridgehead atoms. The molecule has 2 atom stereocenters. The van der Waals surface area contributed by atoms with Crippen LogP contribution >= 0.6 is 11.6 Å². The van der Waals surface area contributed by atoms with Crippen LogP contribution in [0.25, 0.3) is 0 Å². The number of hydrogen-bond acceptors (Lipinski definition) is 4. The van der Waals surface area contributed by atoms with Gasteiger partial charge in [-0.25, -0.2) is 4.98 Å². The van der Waals surface area contributed by atoms with E-state index in [0.29, 0.717) is 19.0 Å². The van der Waals surface area contributed by atoms with Gasteiger partial charge in [-0.05, 0) is 79.7 Å². The van der Waals surface area contributed by atoms with Gasteiger partial charge >= 0.3 is 12.1 Å². The van der Waals surface area contributed by atoms with Gasteiger partial charge in [-0.15, -0.1) is 0 Å². The number of aryl methyl sites for hydroxylation is 1. The summed E-state index contributed by atoms with van der Waals surface area (Å²) in [6, 6.07) is 8.37. The number of piperidine rings is 1. The average molecular weight is 523 g/mol. The first-order valence-electron chi connectivity index (χ1n) is 12.5. The SMILES string of the molecule is C[C@H](C(=O)O)[C@H](c1ccc2c(c1)OC1(CC2)CCN(Cc2nc(C(F)(F)F)ccc2Cl)CC1)C1CC1. The number of carboxylic acids is 1. The van der Waals surface area contributed by atoms with Gasteiger partial charge in [-0.1, -0.05) is 30.7 Å². The molecule has 1 saturated carbocycles. The molecule has 1 aromatic carbocycles. The molecule has 1 saturated heterocycles. The van der Waals surface area contributed by atoms with Crippen molar-refractivity contribution in [2.75, 3.05) is 13.1 Å². The maximum absolute atomic E-state index is 13.1. The van der Waals surface area contributed by atoms with Gasteiger partial charge < -0.3 is 9.84 Å². The summed E-state index contributed by atoms with van der Waals surface area (Å²) in [7, 11) is 0. The lowest BCUT2D eigenvalue weighted by molar-refractivity contribution is -0.142. The Hall–Kier alpha value is -2.32. The minimum Gasteiger partial charge on any atom is -0.487 e. The monoisotopic (exact) mass is 522 g/mol. The van der Waals surface area contributed by atoms with Crippen molar-refractivity contribution in [3.8, 4) is 5.75 Å². The van der Waals surface area contributed by atoms with Crippen molar-refractivity contribution in [3.63, 3.8) is 0 Å². The molecule has 3 aliphatic rings. The summed E-state index contributed by atoms with van der Waals surface area (Å²) in [5.41, 5.74) is 1.16. The molecule has 1 N–H and O–H groups in total. The maximum atomic E-state index is 13.1. The Kier molecular flexibility index (Phi) is 6.70. The number of aromatic nitrogens is 1. The Morgan fingerprint density at radius 2 is 1.94 bits per heavy atom. The molecule has 2 aliphatic heterocycles. The van der Waals surface area contributed by atoms with Crippen LogP contribution in [0.15, 0.2) is 30.3 Å². The fraction of sp³-hybridized carbons (Fsp3) is 0.556. The molecule has 1 aliphatic carbocycles.